The van der Waals surface area contributed by atoms with Crippen LogP contribution in [0.15, 0.2) is 30.3 Å². The van der Waals surface area contributed by atoms with Crippen molar-refractivity contribution in [2.24, 2.45) is 0 Å². The van der Waals surface area contributed by atoms with Crippen molar-refractivity contribution in [3.8, 4) is 0 Å². The van der Waals surface area contributed by atoms with Crippen LogP contribution in [0.2, 0.25) is 0 Å². The molecular formula is C16H24N2O. The number of likely N-dealkylation sites (tertiary alicyclic amines) is 1. The van der Waals surface area contributed by atoms with Gasteiger partial charge in [0.1, 0.15) is 0 Å². The van der Waals surface area contributed by atoms with Gasteiger partial charge in [0.2, 0.25) is 0 Å². The average Bonchev–Trinajstić information content (AvgIpc) is 2.84. The number of aliphatic hydroxyl groups excluding tert-OH is 1. The van der Waals surface area contributed by atoms with Crippen molar-refractivity contribution >= 4 is 0 Å². The van der Waals surface area contributed by atoms with E-state index in [2.05, 4.69) is 40.5 Å². The molecule has 1 saturated heterocycles. The highest BCUT2D eigenvalue weighted by atomic mass is 16.3. The number of nitrogens with one attached hydrogen (secondary N) is 1. The molecule has 19 heavy (non-hydrogen) atoms. The van der Waals surface area contributed by atoms with Gasteiger partial charge in [-0.3, -0.25) is 0 Å². The second-order valence-electron chi connectivity index (χ2n) is 6.01. The number of nitrogens with zero attached hydrogens (tertiary/aromatic N) is 1. The van der Waals surface area contributed by atoms with Gasteiger partial charge in [0.05, 0.1) is 6.10 Å². The smallest absolute Gasteiger partial charge is 0.0570 e. The summed E-state index contributed by atoms with van der Waals surface area (Å²) >= 11 is 0. The standard InChI is InChI=1S/C16H24N2O/c19-16-10-15(11-16)17-14-7-9-18(12-14)8-6-13-4-2-1-3-5-13/h1-5,14-17,19H,6-12H2. The van der Waals surface area contributed by atoms with E-state index in [-0.39, 0.29) is 6.10 Å². The lowest BCUT2D eigenvalue weighted by molar-refractivity contribution is 0.0581. The molecule has 2 fully saturated rings. The summed E-state index contributed by atoms with van der Waals surface area (Å²) in [5, 5.41) is 13.0. The molecule has 0 aromatic heterocycles. The fourth-order valence-electron chi connectivity index (χ4n) is 3.16. The van der Waals surface area contributed by atoms with Crippen LogP contribution in [-0.2, 0) is 6.42 Å². The lowest BCUT2D eigenvalue weighted by Gasteiger charge is -2.34. The normalized spacial score (nSPS) is 31.3. The van der Waals surface area contributed by atoms with Gasteiger partial charge in [-0.2, -0.15) is 0 Å². The van der Waals surface area contributed by atoms with Gasteiger partial charge in [-0.05, 0) is 37.8 Å². The van der Waals surface area contributed by atoms with Crippen LogP contribution in [-0.4, -0.2) is 47.8 Å². The Morgan fingerprint density at radius 1 is 1.16 bits per heavy atom. The first-order valence-corrected chi connectivity index (χ1v) is 7.50. The topological polar surface area (TPSA) is 35.5 Å². The van der Waals surface area contributed by atoms with E-state index in [1.165, 1.54) is 25.1 Å². The molecule has 1 saturated carbocycles. The fourth-order valence-corrected chi connectivity index (χ4v) is 3.16. The summed E-state index contributed by atoms with van der Waals surface area (Å²) < 4.78 is 0. The van der Waals surface area contributed by atoms with Crippen LogP contribution in [0.4, 0.5) is 0 Å². The molecule has 1 atom stereocenters. The van der Waals surface area contributed by atoms with E-state index in [9.17, 15) is 5.11 Å². The molecule has 1 aromatic rings. The van der Waals surface area contributed by atoms with E-state index < -0.39 is 0 Å². The van der Waals surface area contributed by atoms with E-state index in [4.69, 9.17) is 0 Å². The monoisotopic (exact) mass is 260 g/mol. The van der Waals surface area contributed by atoms with Gasteiger partial charge in [0, 0.05) is 25.2 Å². The third kappa shape index (κ3) is 3.56. The summed E-state index contributed by atoms with van der Waals surface area (Å²) in [6.45, 7) is 3.54. The van der Waals surface area contributed by atoms with Crippen LogP contribution >= 0.6 is 0 Å². The van der Waals surface area contributed by atoms with E-state index in [1.807, 2.05) is 0 Å². The molecule has 2 N–H and O–H groups in total. The van der Waals surface area contributed by atoms with Gasteiger partial charge in [-0.1, -0.05) is 30.3 Å². The largest absolute Gasteiger partial charge is 0.393 e. The number of aliphatic hydroxyl groups is 1. The Morgan fingerprint density at radius 3 is 2.68 bits per heavy atom. The minimum Gasteiger partial charge on any atom is -0.393 e. The van der Waals surface area contributed by atoms with Crippen LogP contribution in [0.5, 0.6) is 0 Å². The molecule has 104 valence electrons. The molecule has 1 heterocycles. The number of benzene rings is 1. The molecule has 0 bridgehead atoms. The Hall–Kier alpha value is -0.900. The number of rotatable bonds is 5. The van der Waals surface area contributed by atoms with Crippen LogP contribution in [0.1, 0.15) is 24.8 Å². The van der Waals surface area contributed by atoms with Crippen LogP contribution in [0.3, 0.4) is 0 Å². The molecule has 1 aliphatic heterocycles. The molecule has 1 aliphatic carbocycles. The molecule has 3 nitrogen and oxygen atoms in total. The van der Waals surface area contributed by atoms with Crippen molar-refractivity contribution in [2.45, 2.75) is 43.9 Å². The predicted octanol–water partition coefficient (Wildman–Crippen LogP) is 1.42. The maximum absolute atomic E-state index is 9.30. The molecule has 0 spiro atoms. The Labute approximate surface area is 115 Å². The summed E-state index contributed by atoms with van der Waals surface area (Å²) in [4.78, 5) is 2.56. The third-order valence-corrected chi connectivity index (χ3v) is 4.42. The maximum Gasteiger partial charge on any atom is 0.0570 e. The molecule has 0 radical (unpaired) electrons. The highest BCUT2D eigenvalue weighted by Gasteiger charge is 2.31. The van der Waals surface area contributed by atoms with Gasteiger partial charge in [-0.25, -0.2) is 0 Å². The fraction of sp³-hybridized carbons (Fsp3) is 0.625. The Kier molecular flexibility index (Phi) is 4.16. The highest BCUT2D eigenvalue weighted by molar-refractivity contribution is 5.14. The van der Waals surface area contributed by atoms with Crippen molar-refractivity contribution in [1.29, 1.82) is 0 Å². The van der Waals surface area contributed by atoms with Crippen molar-refractivity contribution in [2.75, 3.05) is 19.6 Å². The zero-order valence-electron chi connectivity index (χ0n) is 11.5. The first-order chi connectivity index (χ1) is 9.29. The van der Waals surface area contributed by atoms with Gasteiger partial charge < -0.3 is 15.3 Å². The lowest BCUT2D eigenvalue weighted by Crippen LogP contribution is -2.49. The van der Waals surface area contributed by atoms with Crippen molar-refractivity contribution in [1.82, 2.24) is 10.2 Å². The predicted molar refractivity (Wildman–Crippen MR) is 77.2 cm³/mol. The summed E-state index contributed by atoms with van der Waals surface area (Å²) in [5.41, 5.74) is 1.43. The summed E-state index contributed by atoms with van der Waals surface area (Å²) in [6, 6.07) is 11.9. The quantitative estimate of drug-likeness (QED) is 0.840. The Morgan fingerprint density at radius 2 is 1.95 bits per heavy atom. The minimum atomic E-state index is -0.0481. The lowest BCUT2D eigenvalue weighted by atomic mass is 9.89. The van der Waals surface area contributed by atoms with E-state index in [1.54, 1.807) is 0 Å². The maximum atomic E-state index is 9.30. The molecule has 3 rings (SSSR count). The minimum absolute atomic E-state index is 0.0481. The van der Waals surface area contributed by atoms with E-state index in [0.717, 1.165) is 25.8 Å². The van der Waals surface area contributed by atoms with Crippen molar-refractivity contribution in [3.05, 3.63) is 35.9 Å². The molecule has 1 unspecified atom stereocenters. The highest BCUT2D eigenvalue weighted by Crippen LogP contribution is 2.21. The molecule has 3 heteroatoms. The SMILES string of the molecule is OC1CC(NC2CCN(CCc3ccccc3)C2)C1. The van der Waals surface area contributed by atoms with Crippen molar-refractivity contribution < 1.29 is 5.11 Å². The zero-order chi connectivity index (χ0) is 13.1. The third-order valence-electron chi connectivity index (χ3n) is 4.42. The van der Waals surface area contributed by atoms with Gasteiger partial charge in [-0.15, -0.1) is 0 Å². The van der Waals surface area contributed by atoms with Gasteiger partial charge in [0.25, 0.3) is 0 Å². The number of hydrogen-bond donors (Lipinski definition) is 2. The summed E-state index contributed by atoms with van der Waals surface area (Å²) in [6.07, 6.45) is 4.24. The van der Waals surface area contributed by atoms with Crippen LogP contribution in [0, 0.1) is 0 Å². The first kappa shape index (κ1) is 13.1. The second-order valence-corrected chi connectivity index (χ2v) is 6.01. The summed E-state index contributed by atoms with van der Waals surface area (Å²) in [5.74, 6) is 0. The van der Waals surface area contributed by atoms with Crippen molar-refractivity contribution in [3.63, 3.8) is 0 Å². The molecule has 2 aliphatic rings. The summed E-state index contributed by atoms with van der Waals surface area (Å²) in [7, 11) is 0. The van der Waals surface area contributed by atoms with E-state index >= 15 is 0 Å². The zero-order valence-corrected chi connectivity index (χ0v) is 11.5. The molecular weight excluding hydrogens is 236 g/mol. The molecule has 1 aromatic carbocycles. The number of hydrogen-bond acceptors (Lipinski definition) is 3. The van der Waals surface area contributed by atoms with Gasteiger partial charge in [0.15, 0.2) is 0 Å². The second kappa shape index (κ2) is 6.04. The van der Waals surface area contributed by atoms with E-state index in [0.29, 0.717) is 12.1 Å². The van der Waals surface area contributed by atoms with Crippen LogP contribution in [0.25, 0.3) is 0 Å². The Balaban J connectivity index is 1.37. The Bertz CT molecular complexity index is 389. The van der Waals surface area contributed by atoms with Crippen LogP contribution < -0.4 is 5.32 Å². The first-order valence-electron chi connectivity index (χ1n) is 7.50. The average molecular weight is 260 g/mol. The van der Waals surface area contributed by atoms with Gasteiger partial charge >= 0.3 is 0 Å². The molecule has 0 amide bonds.